The van der Waals surface area contributed by atoms with Gasteiger partial charge in [0.05, 0.1) is 43.6 Å². The summed E-state index contributed by atoms with van der Waals surface area (Å²) < 4.78 is 62.9. The van der Waals surface area contributed by atoms with Crippen LogP contribution in [-0.4, -0.2) is 124 Å². The number of carbonyl (C=O) groups is 3. The van der Waals surface area contributed by atoms with Crippen molar-refractivity contribution >= 4 is 138 Å². The molecule has 8 rings (SSSR count). The molecule has 8 aromatic rings. The third kappa shape index (κ3) is 40.9. The van der Waals surface area contributed by atoms with Crippen molar-refractivity contribution in [1.82, 2.24) is 9.55 Å². The number of fused-ring (bicyclic) bond motifs is 2. The fourth-order valence-electron chi connectivity index (χ4n) is 7.10. The lowest BCUT2D eigenvalue weighted by Gasteiger charge is -2.16. The zero-order valence-corrected chi connectivity index (χ0v) is 58.3. The van der Waals surface area contributed by atoms with Gasteiger partial charge in [-0.25, -0.2) is 0 Å². The largest absolute Gasteiger partial charge is 0.870 e. The molecule has 2 aromatic heterocycles. The van der Waals surface area contributed by atoms with Gasteiger partial charge in [-0.2, -0.15) is 8.42 Å². The molecule has 0 saturated heterocycles. The van der Waals surface area contributed by atoms with E-state index in [1.54, 1.807) is 54.8 Å². The highest BCUT2D eigenvalue weighted by atomic mass is 79.9. The number of halogens is 4. The number of H-pyrrole nitrogens is 1. The summed E-state index contributed by atoms with van der Waals surface area (Å²) in [5, 5.41) is 30.3. The molecule has 0 radical (unpaired) electrons. The van der Waals surface area contributed by atoms with Crippen LogP contribution in [0.4, 0.5) is 11.4 Å². The number of aromatic nitrogens is 2. The molecule has 0 aliphatic carbocycles. The van der Waals surface area contributed by atoms with Gasteiger partial charge in [-0.15, -0.1) is 0 Å². The van der Waals surface area contributed by atoms with E-state index >= 15 is 0 Å². The van der Waals surface area contributed by atoms with E-state index in [9.17, 15) is 24.0 Å². The van der Waals surface area contributed by atoms with Crippen LogP contribution in [0.2, 0.25) is 0 Å². The molecule has 2 unspecified atom stereocenters. The number of benzene rings is 6. The summed E-state index contributed by atoms with van der Waals surface area (Å²) >= 11 is 13.4. The summed E-state index contributed by atoms with van der Waals surface area (Å²) in [4.78, 5) is 58.3. The molecule has 0 spiro atoms. The standard InChI is InChI=1S/C15H10BrNO.C13H18BrNO3.C9H6BrNO.C8H16O3.C6H7BO2.C6H6BrN.C6H12O3.H2O4S.H2O/c16-12-7-8-14-11(10-12)6-9-15(18)17(14)13-4-2-1-3-5-13;1-3-17-13(18-4-2)9-12(16)15-11-7-5-10(14)6-8-11;10-7-2-3-8-6(5-7)1-4-9(12)11-8;1-4-10-7(3)6-8(9)11-5-2;8-7(9)6-4-2-1-3-5-6;7-5-1-3-6(8)4-2-5;1-3-9-5(2)4-6(7)8;1-5(2,3)4;/h1-10H;5-8,13H,3-4,9H2,1-2H3,(H,15,16);1-5H,(H,11,12);7H,4-6H2,1-3H3;1-5,8-9H;1-4H,8H2;5H,3-4H2,1-2H3,(H,7,8);(H2,1,2,3,4);1H2/p-1. The first-order chi connectivity index (χ1) is 42.6. The smallest absolute Gasteiger partial charge is 0.488 e. The number of nitrogens with zero attached hydrogens (tertiary/aromatic N) is 1. The zero-order valence-electron chi connectivity index (χ0n) is 51.2. The number of esters is 1. The molecule has 28 heteroatoms. The summed E-state index contributed by atoms with van der Waals surface area (Å²) in [6, 6.07) is 51.7. The van der Waals surface area contributed by atoms with E-state index in [0.717, 1.165) is 56.8 Å². The van der Waals surface area contributed by atoms with Gasteiger partial charge in [0.1, 0.15) is 0 Å². The molecular formula is C63H78BBr4N4O18S-. The Morgan fingerprint density at radius 1 is 0.593 bits per heavy atom. The molecule has 10 N–H and O–H groups in total. The van der Waals surface area contributed by atoms with E-state index in [4.69, 9.17) is 62.1 Å². The number of para-hydroxylation sites is 1. The van der Waals surface area contributed by atoms with E-state index in [1.807, 2.05) is 162 Å². The van der Waals surface area contributed by atoms with Gasteiger partial charge in [-0.3, -0.25) is 37.6 Å². The Labute approximate surface area is 564 Å². The zero-order chi connectivity index (χ0) is 67.6. The molecule has 2 heterocycles. The maximum atomic E-state index is 12.1. The van der Waals surface area contributed by atoms with Crippen molar-refractivity contribution < 1.29 is 76.2 Å². The number of carbonyl (C=O) groups excluding carboxylic acids is 2. The number of amides is 1. The topological polar surface area (TPSA) is 356 Å². The minimum absolute atomic E-state index is 0. The highest BCUT2D eigenvalue weighted by molar-refractivity contribution is 9.11. The average molecular weight is 1540 g/mol. The molecule has 0 bridgehead atoms. The number of pyridine rings is 2. The van der Waals surface area contributed by atoms with E-state index in [2.05, 4.69) is 74.0 Å². The summed E-state index contributed by atoms with van der Waals surface area (Å²) in [6.07, 6.45) is -0.0326. The van der Waals surface area contributed by atoms with Crippen LogP contribution in [0.1, 0.15) is 67.7 Å². The molecular weight excluding hydrogens is 1460 g/mol. The fourth-order valence-corrected chi connectivity index (χ4v) is 8.38. The number of carboxylic acid groups (broad SMARTS) is 1. The molecule has 496 valence electrons. The number of rotatable bonds is 18. The van der Waals surface area contributed by atoms with E-state index in [0.29, 0.717) is 44.9 Å². The van der Waals surface area contributed by atoms with Crippen LogP contribution in [0.5, 0.6) is 0 Å². The summed E-state index contributed by atoms with van der Waals surface area (Å²) in [7, 11) is -6.01. The van der Waals surface area contributed by atoms with Crippen molar-refractivity contribution in [3.05, 3.63) is 208 Å². The Bertz CT molecular complexity index is 3530. The maximum Gasteiger partial charge on any atom is 0.488 e. The SMILES string of the molecule is CCOC(=O)CC(C)OCC.CCOC(C)CC(=O)O.CCOC(CC(=O)Nc1ccc(Br)cc1)OCC.Nc1ccc(Br)cc1.O=S(=O)(O)O.O=c1ccc2cc(Br)ccc2[nH]1.O=c1ccc2cc(Br)ccc2n1-c1ccccc1.OB(O)c1ccccc1.[OH-]. The van der Waals surface area contributed by atoms with E-state index < -0.39 is 29.8 Å². The first kappa shape index (κ1) is 84.5. The van der Waals surface area contributed by atoms with E-state index in [-0.39, 0.29) is 53.5 Å². The number of hydrogen-bond acceptors (Lipinski definition) is 16. The van der Waals surface area contributed by atoms with E-state index in [1.165, 1.54) is 6.07 Å². The number of hydrogen-bond donors (Lipinski definition) is 8. The quantitative estimate of drug-likeness (QED) is 0.0130. The lowest BCUT2D eigenvalue weighted by molar-refractivity contribution is -0.150. The number of nitrogens with one attached hydrogen (secondary N) is 2. The van der Waals surface area contributed by atoms with Crippen molar-refractivity contribution in [3.8, 4) is 5.69 Å². The second-order valence-corrected chi connectivity index (χ2v) is 22.7. The predicted octanol–water partition coefficient (Wildman–Crippen LogP) is 12.0. The second kappa shape index (κ2) is 48.3. The monoisotopic (exact) mass is 1540 g/mol. The maximum absolute atomic E-state index is 12.1. The molecule has 0 fully saturated rings. The van der Waals surface area contributed by atoms with Crippen molar-refractivity contribution in [3.63, 3.8) is 0 Å². The van der Waals surface area contributed by atoms with Crippen LogP contribution in [0.3, 0.4) is 0 Å². The Kier molecular flexibility index (Phi) is 44.9. The average Bonchev–Trinajstić information content (AvgIpc) is 0.825. The van der Waals surface area contributed by atoms with Crippen molar-refractivity contribution in [1.29, 1.82) is 0 Å². The Morgan fingerprint density at radius 2 is 1.05 bits per heavy atom. The molecule has 91 heavy (non-hydrogen) atoms. The predicted molar refractivity (Wildman–Crippen MR) is 371 cm³/mol. The normalized spacial score (nSPS) is 10.8. The number of nitrogen functional groups attached to an aromatic ring is 1. The number of carboxylic acids is 1. The van der Waals surface area contributed by atoms with Crippen LogP contribution < -0.4 is 27.6 Å². The van der Waals surface area contributed by atoms with Gasteiger partial charge >= 0.3 is 29.5 Å². The summed E-state index contributed by atoms with van der Waals surface area (Å²) in [5.41, 5.74) is 10.1. The molecule has 2 atom stereocenters. The molecule has 0 aliphatic rings. The third-order valence-electron chi connectivity index (χ3n) is 10.8. The molecule has 6 aromatic carbocycles. The van der Waals surface area contributed by atoms with Gasteiger partial charge in [-0.1, -0.05) is 112 Å². The number of aromatic amines is 1. The fraction of sp³-hybridized carbons (Fsp3) is 0.286. The lowest BCUT2D eigenvalue weighted by Crippen LogP contribution is -2.29. The molecule has 22 nitrogen and oxygen atoms in total. The van der Waals surface area contributed by atoms with Gasteiger partial charge < -0.3 is 60.3 Å². The van der Waals surface area contributed by atoms with Crippen LogP contribution in [0.15, 0.2) is 197 Å². The van der Waals surface area contributed by atoms with Gasteiger partial charge in [0, 0.05) is 79.0 Å². The minimum atomic E-state index is -4.67. The number of ether oxygens (including phenoxy) is 5. The molecule has 0 aliphatic heterocycles. The van der Waals surface area contributed by atoms with Gasteiger partial charge in [-0.05, 0) is 174 Å². The van der Waals surface area contributed by atoms with Gasteiger partial charge in [0.2, 0.25) is 11.5 Å². The Hall–Kier alpha value is -6.48. The highest BCUT2D eigenvalue weighted by Crippen LogP contribution is 2.21. The summed E-state index contributed by atoms with van der Waals surface area (Å²) in [5.74, 6) is -1.12. The van der Waals surface area contributed by atoms with Crippen LogP contribution in [0, 0.1) is 0 Å². The first-order valence-electron chi connectivity index (χ1n) is 27.8. The minimum Gasteiger partial charge on any atom is -0.870 e. The Morgan fingerprint density at radius 3 is 1.53 bits per heavy atom. The molecule has 1 amide bonds. The van der Waals surface area contributed by atoms with Crippen LogP contribution in [-0.2, 0) is 48.5 Å². The number of aliphatic carboxylic acids is 1. The van der Waals surface area contributed by atoms with Crippen LogP contribution in [0.25, 0.3) is 27.5 Å². The molecule has 0 saturated carbocycles. The van der Waals surface area contributed by atoms with Crippen molar-refractivity contribution in [2.24, 2.45) is 0 Å². The van der Waals surface area contributed by atoms with Crippen molar-refractivity contribution in [2.45, 2.75) is 86.2 Å². The second-order valence-electron chi connectivity index (χ2n) is 18.1. The van der Waals surface area contributed by atoms with Gasteiger partial charge in [0.15, 0.2) is 6.29 Å². The first-order valence-corrected chi connectivity index (χ1v) is 32.4. The summed E-state index contributed by atoms with van der Waals surface area (Å²) in [6.45, 7) is 15.6. The van der Waals surface area contributed by atoms with Crippen molar-refractivity contribution in [2.75, 3.05) is 44.1 Å². The number of nitrogens with two attached hydrogens (primary N) is 1. The Balaban J connectivity index is 0.00000104. The van der Waals surface area contributed by atoms with Crippen LogP contribution >= 0.6 is 63.7 Å². The lowest BCUT2D eigenvalue weighted by atomic mass is 9.81. The number of anilines is 2. The van der Waals surface area contributed by atoms with Gasteiger partial charge in [0.25, 0.3) is 5.56 Å². The third-order valence-corrected chi connectivity index (χ3v) is 12.9. The highest BCUT2D eigenvalue weighted by Gasteiger charge is 2.14.